The van der Waals surface area contributed by atoms with Gasteiger partial charge in [-0.2, -0.15) is 0 Å². The molecule has 1 atom stereocenters. The van der Waals surface area contributed by atoms with Crippen molar-refractivity contribution in [2.75, 3.05) is 6.54 Å². The number of rotatable bonds is 8. The Balaban J connectivity index is 2.11. The molecule has 0 spiro atoms. The maximum absolute atomic E-state index is 11.5. The van der Waals surface area contributed by atoms with Gasteiger partial charge in [0.05, 0.1) is 0 Å². The molecule has 0 saturated heterocycles. The average molecular weight is 262 g/mol. The summed E-state index contributed by atoms with van der Waals surface area (Å²) < 4.78 is 0. The molecule has 1 aromatic rings. The van der Waals surface area contributed by atoms with Gasteiger partial charge < -0.3 is 10.6 Å². The molecule has 0 aliphatic heterocycles. The van der Waals surface area contributed by atoms with Gasteiger partial charge in [-0.3, -0.25) is 4.79 Å². The molecule has 1 aromatic carbocycles. The van der Waals surface area contributed by atoms with Crippen molar-refractivity contribution in [1.82, 2.24) is 10.6 Å². The number of benzene rings is 1. The largest absolute Gasteiger partial charge is 0.354 e. The summed E-state index contributed by atoms with van der Waals surface area (Å²) in [6, 6.07) is 11.2. The van der Waals surface area contributed by atoms with Gasteiger partial charge in [-0.05, 0) is 39.2 Å². The highest BCUT2D eigenvalue weighted by atomic mass is 16.1. The first-order valence-corrected chi connectivity index (χ1v) is 7.14. The molecule has 19 heavy (non-hydrogen) atoms. The molecule has 106 valence electrons. The molecule has 0 heterocycles. The van der Waals surface area contributed by atoms with Crippen molar-refractivity contribution in [3.8, 4) is 0 Å². The van der Waals surface area contributed by atoms with Gasteiger partial charge in [0.15, 0.2) is 0 Å². The lowest BCUT2D eigenvalue weighted by Gasteiger charge is -2.14. The van der Waals surface area contributed by atoms with Crippen LogP contribution in [0.1, 0.15) is 39.2 Å². The van der Waals surface area contributed by atoms with Gasteiger partial charge in [0.1, 0.15) is 0 Å². The predicted molar refractivity (Wildman–Crippen MR) is 80.1 cm³/mol. The Morgan fingerprint density at radius 2 is 1.84 bits per heavy atom. The van der Waals surface area contributed by atoms with Gasteiger partial charge in [0, 0.05) is 25.0 Å². The van der Waals surface area contributed by atoms with E-state index in [2.05, 4.69) is 41.8 Å². The van der Waals surface area contributed by atoms with Crippen LogP contribution in [-0.4, -0.2) is 24.5 Å². The normalized spacial score (nSPS) is 12.4. The molecule has 0 fully saturated rings. The van der Waals surface area contributed by atoms with E-state index in [9.17, 15) is 4.79 Å². The number of carbonyl (C=O) groups excluding carboxylic acids is 1. The van der Waals surface area contributed by atoms with E-state index in [1.165, 1.54) is 5.56 Å². The van der Waals surface area contributed by atoms with Gasteiger partial charge in [0.25, 0.3) is 0 Å². The quantitative estimate of drug-likeness (QED) is 0.756. The van der Waals surface area contributed by atoms with E-state index < -0.39 is 0 Å². The Labute approximate surface area is 116 Å². The predicted octanol–water partition coefficient (Wildman–Crippen LogP) is 2.51. The summed E-state index contributed by atoms with van der Waals surface area (Å²) in [6.45, 7) is 6.87. The molecule has 0 radical (unpaired) electrons. The van der Waals surface area contributed by atoms with Crippen LogP contribution in [0.2, 0.25) is 0 Å². The number of aryl methyl sites for hydroxylation is 1. The van der Waals surface area contributed by atoms with Crippen molar-refractivity contribution in [2.45, 2.75) is 52.1 Å². The Bertz CT molecular complexity index is 362. The first kappa shape index (κ1) is 15.7. The smallest absolute Gasteiger partial charge is 0.221 e. The van der Waals surface area contributed by atoms with Gasteiger partial charge >= 0.3 is 0 Å². The number of carbonyl (C=O) groups is 1. The minimum Gasteiger partial charge on any atom is -0.354 e. The summed E-state index contributed by atoms with van der Waals surface area (Å²) in [6.07, 6.45) is 2.72. The summed E-state index contributed by atoms with van der Waals surface area (Å²) in [5.41, 5.74) is 1.37. The molecule has 0 saturated carbocycles. The summed E-state index contributed by atoms with van der Waals surface area (Å²) in [7, 11) is 0. The second-order valence-corrected chi connectivity index (χ2v) is 5.35. The Hall–Kier alpha value is -1.35. The maximum atomic E-state index is 11.5. The lowest BCUT2D eigenvalue weighted by Crippen LogP contribution is -2.34. The standard InChI is InChI=1S/C16H26N2O/c1-13(2)18-16(19)11-12-17-14(3)9-10-15-7-5-4-6-8-15/h4-8,13-14,17H,9-12H2,1-3H3,(H,18,19). The fraction of sp³-hybridized carbons (Fsp3) is 0.562. The Morgan fingerprint density at radius 1 is 1.16 bits per heavy atom. The highest BCUT2D eigenvalue weighted by Gasteiger charge is 2.05. The summed E-state index contributed by atoms with van der Waals surface area (Å²) in [5, 5.41) is 6.29. The van der Waals surface area contributed by atoms with Crippen LogP contribution >= 0.6 is 0 Å². The number of hydrogen-bond acceptors (Lipinski definition) is 2. The van der Waals surface area contributed by atoms with Crippen molar-refractivity contribution >= 4 is 5.91 Å². The first-order valence-electron chi connectivity index (χ1n) is 7.14. The summed E-state index contributed by atoms with van der Waals surface area (Å²) in [5.74, 6) is 0.123. The molecule has 1 rings (SSSR count). The lowest BCUT2D eigenvalue weighted by molar-refractivity contribution is -0.121. The van der Waals surface area contributed by atoms with Gasteiger partial charge in [0.2, 0.25) is 5.91 Å². The van der Waals surface area contributed by atoms with E-state index in [1.54, 1.807) is 0 Å². The van der Waals surface area contributed by atoms with E-state index >= 15 is 0 Å². The fourth-order valence-electron chi connectivity index (χ4n) is 1.96. The zero-order valence-electron chi connectivity index (χ0n) is 12.3. The zero-order valence-corrected chi connectivity index (χ0v) is 12.3. The monoisotopic (exact) mass is 262 g/mol. The molecule has 0 aromatic heterocycles. The van der Waals surface area contributed by atoms with Crippen LogP contribution in [0.15, 0.2) is 30.3 Å². The molecule has 1 amide bonds. The summed E-state index contributed by atoms with van der Waals surface area (Å²) >= 11 is 0. The van der Waals surface area contributed by atoms with Crippen LogP contribution in [0.3, 0.4) is 0 Å². The van der Waals surface area contributed by atoms with E-state index in [1.807, 2.05) is 19.9 Å². The number of hydrogen-bond donors (Lipinski definition) is 2. The van der Waals surface area contributed by atoms with Crippen LogP contribution in [0.25, 0.3) is 0 Å². The van der Waals surface area contributed by atoms with Crippen molar-refractivity contribution in [3.05, 3.63) is 35.9 Å². The third-order valence-corrected chi connectivity index (χ3v) is 3.00. The third-order valence-electron chi connectivity index (χ3n) is 3.00. The van der Waals surface area contributed by atoms with E-state index in [0.717, 1.165) is 19.4 Å². The molecule has 0 aliphatic carbocycles. The number of nitrogens with one attached hydrogen (secondary N) is 2. The highest BCUT2D eigenvalue weighted by Crippen LogP contribution is 2.04. The molecule has 3 nitrogen and oxygen atoms in total. The molecular formula is C16H26N2O. The molecule has 1 unspecified atom stereocenters. The van der Waals surface area contributed by atoms with Crippen molar-refractivity contribution in [1.29, 1.82) is 0 Å². The van der Waals surface area contributed by atoms with Crippen LogP contribution in [-0.2, 0) is 11.2 Å². The van der Waals surface area contributed by atoms with Crippen molar-refractivity contribution in [2.24, 2.45) is 0 Å². The van der Waals surface area contributed by atoms with Crippen LogP contribution in [0, 0.1) is 0 Å². The van der Waals surface area contributed by atoms with Crippen LogP contribution in [0.4, 0.5) is 0 Å². The topological polar surface area (TPSA) is 41.1 Å². The Morgan fingerprint density at radius 3 is 2.47 bits per heavy atom. The SMILES string of the molecule is CC(C)NC(=O)CCNC(C)CCc1ccccc1. The molecular weight excluding hydrogens is 236 g/mol. The average Bonchev–Trinajstić information content (AvgIpc) is 2.36. The maximum Gasteiger partial charge on any atom is 0.221 e. The van der Waals surface area contributed by atoms with Crippen molar-refractivity contribution < 1.29 is 4.79 Å². The zero-order chi connectivity index (χ0) is 14.1. The molecule has 2 N–H and O–H groups in total. The van der Waals surface area contributed by atoms with Crippen LogP contribution in [0.5, 0.6) is 0 Å². The van der Waals surface area contributed by atoms with Gasteiger partial charge in [-0.1, -0.05) is 30.3 Å². The van der Waals surface area contributed by atoms with Gasteiger partial charge in [-0.15, -0.1) is 0 Å². The lowest BCUT2D eigenvalue weighted by atomic mass is 10.1. The minimum atomic E-state index is 0.123. The van der Waals surface area contributed by atoms with Crippen molar-refractivity contribution in [3.63, 3.8) is 0 Å². The van der Waals surface area contributed by atoms with E-state index in [4.69, 9.17) is 0 Å². The molecule has 0 bridgehead atoms. The fourth-order valence-corrected chi connectivity index (χ4v) is 1.96. The summed E-state index contributed by atoms with van der Waals surface area (Å²) in [4.78, 5) is 11.5. The second kappa shape index (κ2) is 8.70. The first-order chi connectivity index (χ1) is 9.08. The molecule has 0 aliphatic rings. The Kier molecular flexibility index (Phi) is 7.19. The number of amides is 1. The van der Waals surface area contributed by atoms with Gasteiger partial charge in [-0.25, -0.2) is 0 Å². The van der Waals surface area contributed by atoms with Crippen LogP contribution < -0.4 is 10.6 Å². The molecule has 3 heteroatoms. The minimum absolute atomic E-state index is 0.123. The van der Waals surface area contributed by atoms with E-state index in [-0.39, 0.29) is 11.9 Å². The highest BCUT2D eigenvalue weighted by molar-refractivity contribution is 5.76. The van der Waals surface area contributed by atoms with E-state index in [0.29, 0.717) is 12.5 Å². The second-order valence-electron chi connectivity index (χ2n) is 5.35. The third kappa shape index (κ3) is 7.62.